The van der Waals surface area contributed by atoms with Gasteiger partial charge in [0.05, 0.1) is 17.0 Å². The number of carbonyl (C=O) groups is 2. The highest BCUT2D eigenvalue weighted by Crippen LogP contribution is 2.31. The van der Waals surface area contributed by atoms with Crippen molar-refractivity contribution in [2.45, 2.75) is 45.3 Å². The number of anilines is 1. The lowest BCUT2D eigenvalue weighted by Gasteiger charge is -2.35. The molecule has 0 bridgehead atoms. The minimum absolute atomic E-state index is 0.0283. The van der Waals surface area contributed by atoms with Crippen LogP contribution in [0, 0.1) is 0 Å². The van der Waals surface area contributed by atoms with Gasteiger partial charge in [0.2, 0.25) is 21.8 Å². The van der Waals surface area contributed by atoms with E-state index in [0.717, 1.165) is 16.1 Å². The van der Waals surface area contributed by atoms with E-state index in [0.29, 0.717) is 15.6 Å². The van der Waals surface area contributed by atoms with Crippen molar-refractivity contribution in [2.75, 3.05) is 17.1 Å². The van der Waals surface area contributed by atoms with E-state index >= 15 is 0 Å². The van der Waals surface area contributed by atoms with Crippen LogP contribution < -0.4 is 9.62 Å². The van der Waals surface area contributed by atoms with Crippen LogP contribution in [0.2, 0.25) is 15.1 Å². The highest BCUT2D eigenvalue weighted by Gasteiger charge is 2.35. The fraction of sp³-hybridized carbons (Fsp3) is 0.310. The highest BCUT2D eigenvalue weighted by molar-refractivity contribution is 7.92. The molecule has 3 rings (SSSR count). The van der Waals surface area contributed by atoms with E-state index in [9.17, 15) is 18.0 Å². The van der Waals surface area contributed by atoms with Crippen LogP contribution in [0.4, 0.5) is 5.69 Å². The van der Waals surface area contributed by atoms with Crippen LogP contribution in [0.3, 0.4) is 0 Å². The van der Waals surface area contributed by atoms with Crippen LogP contribution in [-0.2, 0) is 32.6 Å². The molecule has 40 heavy (non-hydrogen) atoms. The first kappa shape index (κ1) is 31.7. The van der Waals surface area contributed by atoms with Crippen LogP contribution in [0.1, 0.15) is 31.9 Å². The Morgan fingerprint density at radius 3 is 2.10 bits per heavy atom. The zero-order valence-electron chi connectivity index (χ0n) is 22.7. The molecule has 0 heterocycles. The number of halogens is 3. The van der Waals surface area contributed by atoms with E-state index in [1.54, 1.807) is 24.3 Å². The maximum absolute atomic E-state index is 14.1. The van der Waals surface area contributed by atoms with Crippen molar-refractivity contribution < 1.29 is 18.0 Å². The van der Waals surface area contributed by atoms with Crippen LogP contribution >= 0.6 is 34.8 Å². The molecule has 0 aliphatic rings. The largest absolute Gasteiger partial charge is 0.350 e. The molecule has 0 aliphatic carbocycles. The summed E-state index contributed by atoms with van der Waals surface area (Å²) in [5, 5.41) is 3.77. The molecule has 0 saturated heterocycles. The monoisotopic (exact) mass is 623 g/mol. The molecule has 0 spiro atoms. The van der Waals surface area contributed by atoms with Crippen LogP contribution in [-0.4, -0.2) is 49.5 Å². The Hall–Kier alpha value is -2.78. The van der Waals surface area contributed by atoms with Crippen molar-refractivity contribution in [1.82, 2.24) is 10.2 Å². The molecule has 0 saturated carbocycles. The molecule has 3 aromatic carbocycles. The smallest absolute Gasteiger partial charge is 0.244 e. The van der Waals surface area contributed by atoms with Gasteiger partial charge in [0.1, 0.15) is 12.6 Å². The lowest BCUT2D eigenvalue weighted by Crippen LogP contribution is -2.56. The summed E-state index contributed by atoms with van der Waals surface area (Å²) < 4.78 is 26.7. The third-order valence-corrected chi connectivity index (χ3v) is 7.96. The molecule has 0 aliphatic heterocycles. The standard InChI is InChI=1S/C29H32Cl3N3O4S/c1-29(2,3)33-28(37)26(16-20-10-6-5-7-11-20)34(18-21-12-8-9-13-23(21)31)27(36)19-35(40(4,38)39)25-15-14-22(30)17-24(25)32/h5-15,17,26H,16,18-19H2,1-4H3,(H,33,37)/t26-/m1/s1. The predicted octanol–water partition coefficient (Wildman–Crippen LogP) is 5.97. The van der Waals surface area contributed by atoms with E-state index in [1.807, 2.05) is 51.1 Å². The third kappa shape index (κ3) is 8.86. The molecule has 0 radical (unpaired) electrons. The summed E-state index contributed by atoms with van der Waals surface area (Å²) in [5.41, 5.74) is 0.947. The van der Waals surface area contributed by atoms with Gasteiger partial charge in [0.15, 0.2) is 0 Å². The number of benzene rings is 3. The van der Waals surface area contributed by atoms with E-state index in [-0.39, 0.29) is 29.6 Å². The second-order valence-corrected chi connectivity index (χ2v) is 13.6. The fourth-order valence-electron chi connectivity index (χ4n) is 4.10. The second-order valence-electron chi connectivity index (χ2n) is 10.4. The van der Waals surface area contributed by atoms with E-state index in [1.165, 1.54) is 23.1 Å². The molecule has 1 N–H and O–H groups in total. The molecule has 2 amide bonds. The summed E-state index contributed by atoms with van der Waals surface area (Å²) in [7, 11) is -3.96. The number of sulfonamides is 1. The summed E-state index contributed by atoms with van der Waals surface area (Å²) in [6.45, 7) is 4.91. The zero-order chi connectivity index (χ0) is 29.7. The number of nitrogens with one attached hydrogen (secondary N) is 1. The maximum atomic E-state index is 14.1. The molecule has 7 nitrogen and oxygen atoms in total. The van der Waals surface area contributed by atoms with Crippen molar-refractivity contribution in [3.8, 4) is 0 Å². The average molecular weight is 625 g/mol. The van der Waals surface area contributed by atoms with Gasteiger partial charge in [-0.1, -0.05) is 83.3 Å². The lowest BCUT2D eigenvalue weighted by molar-refractivity contribution is -0.140. The van der Waals surface area contributed by atoms with Crippen molar-refractivity contribution >= 4 is 62.3 Å². The Morgan fingerprint density at radius 1 is 0.900 bits per heavy atom. The van der Waals surface area contributed by atoms with E-state index in [2.05, 4.69) is 5.32 Å². The third-order valence-electron chi connectivity index (χ3n) is 5.93. The maximum Gasteiger partial charge on any atom is 0.244 e. The molecule has 1 atom stereocenters. The van der Waals surface area contributed by atoms with Gasteiger partial charge in [-0.2, -0.15) is 0 Å². The van der Waals surface area contributed by atoms with Gasteiger partial charge in [-0.25, -0.2) is 8.42 Å². The average Bonchev–Trinajstić information content (AvgIpc) is 2.85. The fourth-order valence-corrected chi connectivity index (χ4v) is 5.71. The van der Waals surface area contributed by atoms with Gasteiger partial charge < -0.3 is 10.2 Å². The van der Waals surface area contributed by atoms with Crippen molar-refractivity contribution in [1.29, 1.82) is 0 Å². The van der Waals surface area contributed by atoms with Crippen molar-refractivity contribution in [3.63, 3.8) is 0 Å². The Balaban J connectivity index is 2.10. The zero-order valence-corrected chi connectivity index (χ0v) is 25.8. The Bertz CT molecular complexity index is 1460. The second kappa shape index (κ2) is 13.3. The Kier molecular flexibility index (Phi) is 10.5. The number of nitrogens with zero attached hydrogens (tertiary/aromatic N) is 2. The number of carbonyl (C=O) groups excluding carboxylic acids is 2. The Morgan fingerprint density at radius 2 is 1.52 bits per heavy atom. The minimum Gasteiger partial charge on any atom is -0.350 e. The summed E-state index contributed by atoms with van der Waals surface area (Å²) in [6, 6.07) is 19.6. The van der Waals surface area contributed by atoms with Crippen molar-refractivity contribution in [2.24, 2.45) is 0 Å². The molecule has 0 fully saturated rings. The molecule has 214 valence electrons. The van der Waals surface area contributed by atoms with Gasteiger partial charge in [-0.05, 0) is 56.2 Å². The van der Waals surface area contributed by atoms with E-state index < -0.39 is 34.1 Å². The molecule has 11 heteroatoms. The number of rotatable bonds is 10. The summed E-state index contributed by atoms with van der Waals surface area (Å²) in [6.07, 6.45) is 1.18. The van der Waals surface area contributed by atoms with Crippen LogP contribution in [0.25, 0.3) is 0 Å². The van der Waals surface area contributed by atoms with Gasteiger partial charge in [0.25, 0.3) is 0 Å². The molecule has 0 unspecified atom stereocenters. The van der Waals surface area contributed by atoms with Gasteiger partial charge in [-0.15, -0.1) is 0 Å². The highest BCUT2D eigenvalue weighted by atomic mass is 35.5. The summed E-state index contributed by atoms with van der Waals surface area (Å²) in [5.74, 6) is -0.992. The van der Waals surface area contributed by atoms with Gasteiger partial charge >= 0.3 is 0 Å². The molecular formula is C29H32Cl3N3O4S. The topological polar surface area (TPSA) is 86.8 Å². The first-order valence-corrected chi connectivity index (χ1v) is 15.5. The van der Waals surface area contributed by atoms with Gasteiger partial charge in [0, 0.05) is 28.5 Å². The SMILES string of the molecule is CC(C)(C)NC(=O)[C@@H](Cc1ccccc1)N(Cc1ccccc1Cl)C(=O)CN(c1ccc(Cl)cc1Cl)S(C)(=O)=O. The lowest BCUT2D eigenvalue weighted by atomic mass is 10.0. The molecule has 3 aromatic rings. The van der Waals surface area contributed by atoms with Crippen molar-refractivity contribution in [3.05, 3.63) is 99.0 Å². The quantitative estimate of drug-likeness (QED) is 0.301. The normalized spacial score (nSPS) is 12.5. The Labute approximate surface area is 251 Å². The van der Waals surface area contributed by atoms with Gasteiger partial charge in [-0.3, -0.25) is 13.9 Å². The predicted molar refractivity (Wildman–Crippen MR) is 162 cm³/mol. The minimum atomic E-state index is -3.96. The number of amides is 2. The summed E-state index contributed by atoms with van der Waals surface area (Å²) >= 11 is 18.8. The van der Waals surface area contributed by atoms with Crippen LogP contribution in [0.15, 0.2) is 72.8 Å². The first-order valence-electron chi connectivity index (χ1n) is 12.5. The van der Waals surface area contributed by atoms with Crippen LogP contribution in [0.5, 0.6) is 0 Å². The number of hydrogen-bond donors (Lipinski definition) is 1. The molecule has 0 aromatic heterocycles. The summed E-state index contributed by atoms with van der Waals surface area (Å²) in [4.78, 5) is 29.2. The first-order chi connectivity index (χ1) is 18.7. The molecular weight excluding hydrogens is 593 g/mol. The van der Waals surface area contributed by atoms with E-state index in [4.69, 9.17) is 34.8 Å². The number of hydrogen-bond acceptors (Lipinski definition) is 4.